The zero-order valence-corrected chi connectivity index (χ0v) is 13.2. The second-order valence-corrected chi connectivity index (χ2v) is 6.04. The molecule has 0 radical (unpaired) electrons. The van der Waals surface area contributed by atoms with E-state index in [1.165, 1.54) is 17.6 Å². The molecule has 1 saturated carbocycles. The van der Waals surface area contributed by atoms with Crippen LogP contribution >= 0.6 is 0 Å². The number of tetrazole rings is 1. The van der Waals surface area contributed by atoms with Crippen molar-refractivity contribution in [3.8, 4) is 11.4 Å². The lowest BCUT2D eigenvalue weighted by Crippen LogP contribution is -2.20. The quantitative estimate of drug-likeness (QED) is 0.746. The van der Waals surface area contributed by atoms with Crippen LogP contribution in [-0.2, 0) is 11.3 Å². The van der Waals surface area contributed by atoms with Crippen LogP contribution in [0.15, 0.2) is 30.3 Å². The molecule has 3 aromatic rings. The van der Waals surface area contributed by atoms with Crippen molar-refractivity contribution in [2.45, 2.75) is 32.2 Å². The summed E-state index contributed by atoms with van der Waals surface area (Å²) in [7, 11) is 0. The molecule has 0 saturated heterocycles. The molecule has 0 unspecified atom stereocenters. The Hall–Kier alpha value is -3.03. The number of aromatic amines is 1. The summed E-state index contributed by atoms with van der Waals surface area (Å²) in [6.07, 6.45) is 2.36. The Labute approximate surface area is 138 Å². The number of amides is 1. The summed E-state index contributed by atoms with van der Waals surface area (Å²) < 4.78 is 0. The normalized spacial score (nSPS) is 13.9. The summed E-state index contributed by atoms with van der Waals surface area (Å²) in [5, 5.41) is 21.9. The first-order valence-corrected chi connectivity index (χ1v) is 7.87. The van der Waals surface area contributed by atoms with Gasteiger partial charge in [-0.25, -0.2) is 0 Å². The SMILES string of the molecule is Cc1ccc(-c2nnn(CC(=O)Nc3cc(C4CC4)[nH]n3)n2)cc1. The molecule has 4 rings (SSSR count). The molecular formula is C16H17N7O. The van der Waals surface area contributed by atoms with Gasteiger partial charge in [0.25, 0.3) is 0 Å². The first kappa shape index (κ1) is 14.6. The van der Waals surface area contributed by atoms with E-state index in [9.17, 15) is 4.79 Å². The molecule has 0 atom stereocenters. The third-order valence-corrected chi connectivity index (χ3v) is 3.93. The van der Waals surface area contributed by atoms with Crippen LogP contribution in [0.2, 0.25) is 0 Å². The number of nitrogens with zero attached hydrogens (tertiary/aromatic N) is 5. The van der Waals surface area contributed by atoms with Crippen LogP contribution in [0.4, 0.5) is 5.82 Å². The van der Waals surface area contributed by atoms with Crippen LogP contribution in [-0.4, -0.2) is 36.3 Å². The summed E-state index contributed by atoms with van der Waals surface area (Å²) in [4.78, 5) is 13.4. The average Bonchev–Trinajstić information content (AvgIpc) is 3.14. The maximum Gasteiger partial charge on any atom is 0.249 e. The van der Waals surface area contributed by atoms with Gasteiger partial charge in [0.15, 0.2) is 5.82 Å². The second kappa shape index (κ2) is 5.88. The van der Waals surface area contributed by atoms with E-state index in [4.69, 9.17) is 0 Å². The molecule has 2 N–H and O–H groups in total. The van der Waals surface area contributed by atoms with Gasteiger partial charge in [-0.3, -0.25) is 9.89 Å². The number of H-pyrrole nitrogens is 1. The third-order valence-electron chi connectivity index (χ3n) is 3.93. The van der Waals surface area contributed by atoms with Crippen LogP contribution in [0.25, 0.3) is 11.4 Å². The summed E-state index contributed by atoms with van der Waals surface area (Å²) in [6.45, 7) is 2.01. The number of hydrogen-bond donors (Lipinski definition) is 2. The molecule has 1 amide bonds. The van der Waals surface area contributed by atoms with E-state index in [0.29, 0.717) is 17.6 Å². The van der Waals surface area contributed by atoms with Crippen molar-refractivity contribution in [3.63, 3.8) is 0 Å². The van der Waals surface area contributed by atoms with Gasteiger partial charge in [-0.2, -0.15) is 9.90 Å². The summed E-state index contributed by atoms with van der Waals surface area (Å²) in [5.74, 6) is 1.35. The van der Waals surface area contributed by atoms with Crippen molar-refractivity contribution in [2.75, 3.05) is 5.32 Å². The fourth-order valence-electron chi connectivity index (χ4n) is 2.44. The molecule has 24 heavy (non-hydrogen) atoms. The molecule has 0 aliphatic heterocycles. The van der Waals surface area contributed by atoms with Crippen LogP contribution in [0.3, 0.4) is 0 Å². The Bertz CT molecular complexity index is 861. The molecule has 1 aliphatic rings. The first-order chi connectivity index (χ1) is 11.7. The predicted molar refractivity (Wildman–Crippen MR) is 87.2 cm³/mol. The Kier molecular flexibility index (Phi) is 3.56. The summed E-state index contributed by atoms with van der Waals surface area (Å²) in [6, 6.07) is 9.71. The predicted octanol–water partition coefficient (Wildman–Crippen LogP) is 1.89. The van der Waals surface area contributed by atoms with Gasteiger partial charge < -0.3 is 5.32 Å². The molecule has 8 nitrogen and oxygen atoms in total. The largest absolute Gasteiger partial charge is 0.308 e. The number of carbonyl (C=O) groups is 1. The number of anilines is 1. The zero-order valence-electron chi connectivity index (χ0n) is 13.2. The number of aryl methyl sites for hydroxylation is 1. The van der Waals surface area contributed by atoms with Crippen LogP contribution < -0.4 is 5.32 Å². The molecule has 8 heteroatoms. The highest BCUT2D eigenvalue weighted by molar-refractivity contribution is 5.89. The lowest BCUT2D eigenvalue weighted by atomic mass is 10.1. The molecule has 2 heterocycles. The van der Waals surface area contributed by atoms with Crippen molar-refractivity contribution < 1.29 is 4.79 Å². The van der Waals surface area contributed by atoms with E-state index in [0.717, 1.165) is 16.8 Å². The highest BCUT2D eigenvalue weighted by Gasteiger charge is 2.25. The van der Waals surface area contributed by atoms with Gasteiger partial charge in [-0.1, -0.05) is 29.8 Å². The number of nitrogens with one attached hydrogen (secondary N) is 2. The molecule has 0 spiro atoms. The van der Waals surface area contributed by atoms with E-state index in [2.05, 4.69) is 30.9 Å². The lowest BCUT2D eigenvalue weighted by Gasteiger charge is -2.00. The topological polar surface area (TPSA) is 101 Å². The monoisotopic (exact) mass is 323 g/mol. The van der Waals surface area contributed by atoms with Gasteiger partial charge in [-0.15, -0.1) is 10.2 Å². The summed E-state index contributed by atoms with van der Waals surface area (Å²) in [5.41, 5.74) is 3.11. The number of benzene rings is 1. The maximum atomic E-state index is 12.1. The lowest BCUT2D eigenvalue weighted by molar-refractivity contribution is -0.117. The summed E-state index contributed by atoms with van der Waals surface area (Å²) >= 11 is 0. The highest BCUT2D eigenvalue weighted by atomic mass is 16.2. The smallest absolute Gasteiger partial charge is 0.249 e. The number of rotatable bonds is 5. The standard InChI is InChI=1S/C16H17N7O/c1-10-2-4-12(5-3-10)16-20-22-23(21-16)9-15(24)17-14-8-13(18-19-14)11-6-7-11/h2-5,8,11H,6-7,9H2,1H3,(H2,17,18,19,24). The van der Waals surface area contributed by atoms with Gasteiger partial charge in [0.1, 0.15) is 6.54 Å². The van der Waals surface area contributed by atoms with Gasteiger partial charge in [0.2, 0.25) is 11.7 Å². The molecule has 122 valence electrons. The third kappa shape index (κ3) is 3.17. The van der Waals surface area contributed by atoms with Gasteiger partial charge >= 0.3 is 0 Å². The second-order valence-electron chi connectivity index (χ2n) is 6.04. The Morgan fingerprint density at radius 2 is 2.12 bits per heavy atom. The van der Waals surface area contributed by atoms with Gasteiger partial charge in [-0.05, 0) is 25.0 Å². The first-order valence-electron chi connectivity index (χ1n) is 7.87. The van der Waals surface area contributed by atoms with Crippen LogP contribution in [0, 0.1) is 6.92 Å². The molecular weight excluding hydrogens is 306 g/mol. The van der Waals surface area contributed by atoms with E-state index < -0.39 is 0 Å². The average molecular weight is 323 g/mol. The molecule has 1 fully saturated rings. The van der Waals surface area contributed by atoms with Gasteiger partial charge in [0.05, 0.1) is 0 Å². The van der Waals surface area contributed by atoms with Crippen molar-refractivity contribution in [1.82, 2.24) is 30.4 Å². The Morgan fingerprint density at radius 1 is 1.33 bits per heavy atom. The minimum absolute atomic E-state index is 0.00944. The van der Waals surface area contributed by atoms with E-state index in [1.54, 1.807) is 0 Å². The molecule has 0 bridgehead atoms. The minimum Gasteiger partial charge on any atom is -0.308 e. The molecule has 1 aromatic carbocycles. The van der Waals surface area contributed by atoms with E-state index in [-0.39, 0.29) is 12.5 Å². The zero-order chi connectivity index (χ0) is 16.5. The van der Waals surface area contributed by atoms with Crippen molar-refractivity contribution in [2.24, 2.45) is 0 Å². The van der Waals surface area contributed by atoms with E-state index in [1.807, 2.05) is 37.3 Å². The number of hydrogen-bond acceptors (Lipinski definition) is 5. The fourth-order valence-corrected chi connectivity index (χ4v) is 2.44. The maximum absolute atomic E-state index is 12.1. The van der Waals surface area contributed by atoms with Crippen LogP contribution in [0.5, 0.6) is 0 Å². The Balaban J connectivity index is 1.39. The highest BCUT2D eigenvalue weighted by Crippen LogP contribution is 2.39. The minimum atomic E-state index is -0.239. The van der Waals surface area contributed by atoms with Crippen molar-refractivity contribution in [3.05, 3.63) is 41.6 Å². The molecule has 1 aliphatic carbocycles. The van der Waals surface area contributed by atoms with Crippen molar-refractivity contribution >= 4 is 11.7 Å². The number of carbonyl (C=O) groups excluding carboxylic acids is 1. The van der Waals surface area contributed by atoms with E-state index >= 15 is 0 Å². The van der Waals surface area contributed by atoms with Crippen LogP contribution in [0.1, 0.15) is 30.0 Å². The number of aromatic nitrogens is 6. The molecule has 2 aromatic heterocycles. The van der Waals surface area contributed by atoms with Gasteiger partial charge in [0, 0.05) is 23.2 Å². The Morgan fingerprint density at radius 3 is 2.88 bits per heavy atom. The fraction of sp³-hybridized carbons (Fsp3) is 0.312. The van der Waals surface area contributed by atoms with Crippen molar-refractivity contribution in [1.29, 1.82) is 0 Å².